The zero-order chi connectivity index (χ0) is 21.4. The minimum atomic E-state index is -0.618. The predicted molar refractivity (Wildman–Crippen MR) is 114 cm³/mol. The van der Waals surface area contributed by atoms with E-state index in [2.05, 4.69) is 9.88 Å². The molecule has 0 radical (unpaired) electrons. The molecule has 1 saturated heterocycles. The number of hydrogen-bond acceptors (Lipinski definition) is 6. The summed E-state index contributed by atoms with van der Waals surface area (Å²) in [6.45, 7) is 5.39. The Balaban J connectivity index is 1.20. The molecule has 1 amide bonds. The van der Waals surface area contributed by atoms with Crippen molar-refractivity contribution in [2.45, 2.75) is 19.6 Å². The molecular weight excluding hydrogens is 396 g/mol. The summed E-state index contributed by atoms with van der Waals surface area (Å²) >= 11 is 0. The number of rotatable bonds is 3. The Hall–Kier alpha value is -3.39. The van der Waals surface area contributed by atoms with Crippen LogP contribution in [-0.2, 0) is 11.3 Å². The van der Waals surface area contributed by atoms with Gasteiger partial charge in [-0.1, -0.05) is 18.2 Å². The highest BCUT2D eigenvalue weighted by molar-refractivity contribution is 5.82. The van der Waals surface area contributed by atoms with Crippen molar-refractivity contribution in [2.75, 3.05) is 32.8 Å². The van der Waals surface area contributed by atoms with E-state index in [1.54, 1.807) is 16.7 Å². The Morgan fingerprint density at radius 1 is 1.10 bits per heavy atom. The maximum absolute atomic E-state index is 12.9. The van der Waals surface area contributed by atoms with Crippen molar-refractivity contribution in [3.05, 3.63) is 70.3 Å². The van der Waals surface area contributed by atoms with Crippen LogP contribution >= 0.6 is 0 Å². The van der Waals surface area contributed by atoms with Gasteiger partial charge in [-0.2, -0.15) is 0 Å². The van der Waals surface area contributed by atoms with Crippen molar-refractivity contribution in [3.63, 3.8) is 0 Å². The summed E-state index contributed by atoms with van der Waals surface area (Å²) in [5, 5.41) is 0. The molecule has 5 rings (SSSR count). The number of aryl methyl sites for hydroxylation is 1. The molecule has 8 nitrogen and oxygen atoms in total. The summed E-state index contributed by atoms with van der Waals surface area (Å²) in [7, 11) is 0. The SMILES string of the molecule is Cc1ccc2nc(CN3CCN(C(=O)[C@@H]4COc5ccccc5O4)CC3)cc(=O)n2c1. The molecular formula is C23H24N4O4. The zero-order valence-corrected chi connectivity index (χ0v) is 17.4. The van der Waals surface area contributed by atoms with Gasteiger partial charge in [0.25, 0.3) is 11.5 Å². The molecule has 0 bridgehead atoms. The quantitative estimate of drug-likeness (QED) is 0.639. The minimum Gasteiger partial charge on any atom is -0.485 e. The van der Waals surface area contributed by atoms with Crippen LogP contribution in [0, 0.1) is 6.92 Å². The number of nitrogens with zero attached hydrogens (tertiary/aromatic N) is 4. The van der Waals surface area contributed by atoms with Crippen LogP contribution in [0.1, 0.15) is 11.3 Å². The third kappa shape index (κ3) is 3.98. The Morgan fingerprint density at radius 2 is 1.87 bits per heavy atom. The molecule has 0 aliphatic carbocycles. The molecule has 1 fully saturated rings. The van der Waals surface area contributed by atoms with Crippen LogP contribution in [0.2, 0.25) is 0 Å². The molecule has 1 aromatic carbocycles. The number of piperazine rings is 1. The van der Waals surface area contributed by atoms with Crippen molar-refractivity contribution in [1.29, 1.82) is 0 Å². The van der Waals surface area contributed by atoms with Crippen LogP contribution in [0.15, 0.2) is 53.5 Å². The van der Waals surface area contributed by atoms with E-state index in [9.17, 15) is 9.59 Å². The number of ether oxygens (including phenoxy) is 2. The lowest BCUT2D eigenvalue weighted by atomic mass is 10.2. The van der Waals surface area contributed by atoms with Crippen molar-refractivity contribution in [2.24, 2.45) is 0 Å². The van der Waals surface area contributed by atoms with Gasteiger partial charge in [0.15, 0.2) is 11.5 Å². The second-order valence-electron chi connectivity index (χ2n) is 7.99. The third-order valence-corrected chi connectivity index (χ3v) is 5.71. The molecule has 3 aromatic rings. The van der Waals surface area contributed by atoms with Crippen LogP contribution in [0.4, 0.5) is 0 Å². The van der Waals surface area contributed by atoms with Crippen molar-refractivity contribution >= 4 is 11.6 Å². The lowest BCUT2D eigenvalue weighted by Gasteiger charge is -2.37. The van der Waals surface area contributed by atoms with Gasteiger partial charge >= 0.3 is 0 Å². The lowest BCUT2D eigenvalue weighted by Crippen LogP contribution is -2.53. The molecule has 0 saturated carbocycles. The Morgan fingerprint density at radius 3 is 2.68 bits per heavy atom. The number of carbonyl (C=O) groups is 1. The van der Waals surface area contributed by atoms with Crippen LogP contribution in [0.25, 0.3) is 5.65 Å². The van der Waals surface area contributed by atoms with E-state index >= 15 is 0 Å². The molecule has 2 aliphatic heterocycles. The van der Waals surface area contributed by atoms with Gasteiger partial charge in [0.1, 0.15) is 12.3 Å². The summed E-state index contributed by atoms with van der Waals surface area (Å²) < 4.78 is 13.1. The number of para-hydroxylation sites is 2. The van der Waals surface area contributed by atoms with Gasteiger partial charge in [-0.25, -0.2) is 4.98 Å². The van der Waals surface area contributed by atoms with Gasteiger partial charge < -0.3 is 14.4 Å². The Kier molecular flexibility index (Phi) is 5.07. The van der Waals surface area contributed by atoms with E-state index in [1.165, 1.54) is 0 Å². The smallest absolute Gasteiger partial charge is 0.267 e. The third-order valence-electron chi connectivity index (χ3n) is 5.71. The fraction of sp³-hybridized carbons (Fsp3) is 0.348. The molecule has 160 valence electrons. The highest BCUT2D eigenvalue weighted by atomic mass is 16.6. The lowest BCUT2D eigenvalue weighted by molar-refractivity contribution is -0.143. The molecule has 1 atom stereocenters. The molecule has 0 spiro atoms. The maximum Gasteiger partial charge on any atom is 0.267 e. The average Bonchev–Trinajstić information content (AvgIpc) is 2.79. The first kappa shape index (κ1) is 19.6. The molecule has 31 heavy (non-hydrogen) atoms. The maximum atomic E-state index is 12.9. The van der Waals surface area contributed by atoms with Gasteiger partial charge in [0, 0.05) is 45.0 Å². The van der Waals surface area contributed by atoms with Crippen molar-refractivity contribution < 1.29 is 14.3 Å². The van der Waals surface area contributed by atoms with Gasteiger partial charge in [-0.15, -0.1) is 0 Å². The van der Waals surface area contributed by atoms with Crippen molar-refractivity contribution in [1.82, 2.24) is 19.2 Å². The Labute approximate surface area is 179 Å². The summed E-state index contributed by atoms with van der Waals surface area (Å²) in [5.41, 5.74) is 2.33. The summed E-state index contributed by atoms with van der Waals surface area (Å²) in [6.07, 6.45) is 1.18. The van der Waals surface area contributed by atoms with Crippen LogP contribution < -0.4 is 15.0 Å². The topological polar surface area (TPSA) is 76.4 Å². The van der Waals surface area contributed by atoms with E-state index in [0.717, 1.165) is 11.3 Å². The van der Waals surface area contributed by atoms with Gasteiger partial charge in [-0.05, 0) is 30.7 Å². The van der Waals surface area contributed by atoms with E-state index in [-0.39, 0.29) is 18.1 Å². The predicted octanol–water partition coefficient (Wildman–Crippen LogP) is 1.49. The van der Waals surface area contributed by atoms with Crippen LogP contribution in [0.5, 0.6) is 11.5 Å². The van der Waals surface area contributed by atoms with E-state index in [4.69, 9.17) is 9.47 Å². The zero-order valence-electron chi connectivity index (χ0n) is 17.4. The Bertz CT molecular complexity index is 1180. The van der Waals surface area contributed by atoms with E-state index in [0.29, 0.717) is 49.9 Å². The second-order valence-corrected chi connectivity index (χ2v) is 7.99. The molecule has 0 unspecified atom stereocenters. The number of aromatic nitrogens is 2. The summed E-state index contributed by atoms with van der Waals surface area (Å²) in [4.78, 5) is 34.0. The second kappa shape index (κ2) is 8.03. The number of pyridine rings is 1. The van der Waals surface area contributed by atoms with E-state index < -0.39 is 6.10 Å². The summed E-state index contributed by atoms with van der Waals surface area (Å²) in [5.74, 6) is 1.23. The van der Waals surface area contributed by atoms with Crippen LogP contribution in [-0.4, -0.2) is 64.0 Å². The fourth-order valence-electron chi connectivity index (χ4n) is 4.04. The first-order valence-corrected chi connectivity index (χ1v) is 10.5. The largest absolute Gasteiger partial charge is 0.485 e. The first-order chi connectivity index (χ1) is 15.1. The minimum absolute atomic E-state index is 0.0494. The summed E-state index contributed by atoms with van der Waals surface area (Å²) in [6, 6.07) is 12.8. The molecule has 8 heteroatoms. The van der Waals surface area contributed by atoms with Gasteiger partial charge in [0.05, 0.1) is 5.69 Å². The average molecular weight is 420 g/mol. The number of hydrogen-bond donors (Lipinski definition) is 0. The first-order valence-electron chi connectivity index (χ1n) is 10.5. The number of carbonyl (C=O) groups excluding carboxylic acids is 1. The number of benzene rings is 1. The monoisotopic (exact) mass is 420 g/mol. The van der Waals surface area contributed by atoms with Crippen molar-refractivity contribution in [3.8, 4) is 11.5 Å². The number of amides is 1. The highest BCUT2D eigenvalue weighted by Crippen LogP contribution is 2.31. The highest BCUT2D eigenvalue weighted by Gasteiger charge is 2.32. The van der Waals surface area contributed by atoms with Gasteiger partial charge in [0.2, 0.25) is 6.10 Å². The van der Waals surface area contributed by atoms with E-state index in [1.807, 2.05) is 48.2 Å². The van der Waals surface area contributed by atoms with Gasteiger partial charge in [-0.3, -0.25) is 18.9 Å². The number of fused-ring (bicyclic) bond motifs is 2. The normalized spacial score (nSPS) is 18.9. The molecule has 4 heterocycles. The molecule has 2 aliphatic rings. The standard InChI is InChI=1S/C23H24N4O4/c1-16-6-7-21-24-17(12-22(28)27(21)13-16)14-25-8-10-26(11-9-25)23(29)20-15-30-18-4-2-3-5-19(18)31-20/h2-7,12-13,20H,8-11,14-15H2,1H3/t20-/m0/s1. The van der Waals surface area contributed by atoms with Crippen LogP contribution in [0.3, 0.4) is 0 Å². The fourth-order valence-corrected chi connectivity index (χ4v) is 4.04. The molecule has 2 aromatic heterocycles. The molecule has 0 N–H and O–H groups in total.